The molecule has 0 saturated carbocycles. The van der Waals surface area contributed by atoms with Gasteiger partial charge in [0.1, 0.15) is 16.5 Å². The van der Waals surface area contributed by atoms with Crippen LogP contribution in [0.4, 0.5) is 4.39 Å². The van der Waals surface area contributed by atoms with Crippen molar-refractivity contribution in [1.29, 1.82) is 0 Å². The lowest BCUT2D eigenvalue weighted by Gasteiger charge is -2.03. The number of nitrogens with one attached hydrogen (secondary N) is 1. The second kappa shape index (κ2) is 6.02. The van der Waals surface area contributed by atoms with E-state index >= 15 is 0 Å². The van der Waals surface area contributed by atoms with Crippen molar-refractivity contribution in [2.45, 2.75) is 24.5 Å². The van der Waals surface area contributed by atoms with Crippen molar-refractivity contribution in [2.24, 2.45) is 0 Å². The predicted octanol–water partition coefficient (Wildman–Crippen LogP) is 4.69. The molecule has 2 aromatic heterocycles. The van der Waals surface area contributed by atoms with E-state index in [1.807, 2.05) is 13.8 Å². The monoisotopic (exact) mass is 354 g/mol. The highest BCUT2D eigenvalue weighted by Crippen LogP contribution is 2.28. The first-order chi connectivity index (χ1) is 10.5. The Morgan fingerprint density at radius 2 is 2.18 bits per heavy atom. The molecule has 0 aliphatic carbocycles. The third-order valence-electron chi connectivity index (χ3n) is 3.35. The van der Waals surface area contributed by atoms with E-state index < -0.39 is 5.82 Å². The van der Waals surface area contributed by atoms with Gasteiger partial charge in [-0.1, -0.05) is 11.6 Å². The number of thioether (sulfide) groups is 1. The van der Waals surface area contributed by atoms with Gasteiger partial charge in [0.25, 0.3) is 5.56 Å². The normalized spacial score (nSPS) is 11.3. The smallest absolute Gasteiger partial charge is 0.259 e. The number of aromatic nitrogens is 2. The van der Waals surface area contributed by atoms with Gasteiger partial charge in [0.05, 0.1) is 16.2 Å². The van der Waals surface area contributed by atoms with Crippen LogP contribution in [0.5, 0.6) is 0 Å². The van der Waals surface area contributed by atoms with Crippen LogP contribution in [0.15, 0.2) is 27.9 Å². The summed E-state index contributed by atoms with van der Waals surface area (Å²) in [6.07, 6.45) is 0. The molecule has 0 aliphatic heterocycles. The summed E-state index contributed by atoms with van der Waals surface area (Å²) >= 11 is 8.73. The van der Waals surface area contributed by atoms with Gasteiger partial charge in [0, 0.05) is 9.77 Å². The van der Waals surface area contributed by atoms with Gasteiger partial charge in [0.15, 0.2) is 0 Å². The van der Waals surface area contributed by atoms with Gasteiger partial charge < -0.3 is 4.98 Å². The van der Waals surface area contributed by atoms with Crippen LogP contribution in [-0.4, -0.2) is 9.97 Å². The molecule has 1 N–H and O–H groups in total. The molecule has 0 spiro atoms. The maximum Gasteiger partial charge on any atom is 0.259 e. The van der Waals surface area contributed by atoms with Gasteiger partial charge in [-0.2, -0.15) is 0 Å². The van der Waals surface area contributed by atoms with E-state index in [9.17, 15) is 9.18 Å². The Bertz CT molecular complexity index is 920. The summed E-state index contributed by atoms with van der Waals surface area (Å²) in [6, 6.07) is 4.55. The molecule has 114 valence electrons. The molecule has 0 fully saturated rings. The van der Waals surface area contributed by atoms with Crippen molar-refractivity contribution < 1.29 is 4.39 Å². The Balaban J connectivity index is 1.88. The summed E-state index contributed by atoms with van der Waals surface area (Å²) in [5.74, 6) is 0.649. The lowest BCUT2D eigenvalue weighted by Crippen LogP contribution is -2.10. The Hall–Kier alpha value is -1.37. The molecule has 0 unspecified atom stereocenters. The highest BCUT2D eigenvalue weighted by atomic mass is 35.5. The Labute approximate surface area is 139 Å². The molecule has 0 bridgehead atoms. The summed E-state index contributed by atoms with van der Waals surface area (Å²) in [4.78, 5) is 22.2. The summed E-state index contributed by atoms with van der Waals surface area (Å²) in [7, 11) is 0. The van der Waals surface area contributed by atoms with Crippen LogP contribution in [-0.2, 0) is 5.75 Å². The maximum atomic E-state index is 13.1. The Kier molecular flexibility index (Phi) is 4.25. The second-order valence-corrected chi connectivity index (χ2v) is 7.50. The van der Waals surface area contributed by atoms with E-state index in [-0.39, 0.29) is 10.6 Å². The first-order valence-corrected chi connectivity index (χ1v) is 8.70. The van der Waals surface area contributed by atoms with Crippen molar-refractivity contribution in [3.8, 4) is 0 Å². The first kappa shape index (κ1) is 15.5. The van der Waals surface area contributed by atoms with Gasteiger partial charge >= 0.3 is 0 Å². The average Bonchev–Trinajstić information content (AvgIpc) is 2.75. The van der Waals surface area contributed by atoms with Crippen LogP contribution in [0.2, 0.25) is 5.02 Å². The number of fused-ring (bicyclic) bond motifs is 1. The number of hydrogen-bond donors (Lipinski definition) is 1. The van der Waals surface area contributed by atoms with E-state index in [4.69, 9.17) is 11.6 Å². The van der Waals surface area contributed by atoms with Gasteiger partial charge in [-0.3, -0.25) is 4.79 Å². The summed E-state index contributed by atoms with van der Waals surface area (Å²) in [5, 5.41) is 0.757. The fraction of sp³-hybridized carbons (Fsp3) is 0.200. The SMILES string of the molecule is Cc1sc2nc(CSc3ccc(F)c(Cl)c3)[nH]c(=O)c2c1C. The van der Waals surface area contributed by atoms with Crippen LogP contribution < -0.4 is 5.56 Å². The minimum Gasteiger partial charge on any atom is -0.309 e. The van der Waals surface area contributed by atoms with Crippen LogP contribution in [0, 0.1) is 19.7 Å². The molecule has 7 heteroatoms. The number of benzene rings is 1. The Morgan fingerprint density at radius 1 is 1.41 bits per heavy atom. The van der Waals surface area contributed by atoms with Gasteiger partial charge in [-0.05, 0) is 37.6 Å². The van der Waals surface area contributed by atoms with E-state index in [1.54, 1.807) is 12.1 Å². The number of aryl methyl sites for hydroxylation is 2. The number of aromatic amines is 1. The fourth-order valence-corrected chi connectivity index (χ4v) is 4.19. The van der Waals surface area contributed by atoms with Gasteiger partial charge in [0.2, 0.25) is 0 Å². The lowest BCUT2D eigenvalue weighted by molar-refractivity contribution is 0.627. The largest absolute Gasteiger partial charge is 0.309 e. The predicted molar refractivity (Wildman–Crippen MR) is 90.7 cm³/mol. The molecule has 0 atom stereocenters. The van der Waals surface area contributed by atoms with E-state index in [1.165, 1.54) is 29.2 Å². The van der Waals surface area contributed by atoms with Gasteiger partial charge in [-0.15, -0.1) is 23.1 Å². The molecule has 1 aromatic carbocycles. The molecular formula is C15H12ClFN2OS2. The van der Waals surface area contributed by atoms with Crippen molar-refractivity contribution in [1.82, 2.24) is 9.97 Å². The van der Waals surface area contributed by atoms with Crippen LogP contribution in [0.25, 0.3) is 10.2 Å². The zero-order valence-electron chi connectivity index (χ0n) is 11.9. The topological polar surface area (TPSA) is 45.8 Å². The minimum atomic E-state index is -0.441. The molecule has 0 saturated heterocycles. The number of rotatable bonds is 3. The number of hydrogen-bond acceptors (Lipinski definition) is 4. The number of H-pyrrole nitrogens is 1. The quantitative estimate of drug-likeness (QED) is 0.694. The zero-order chi connectivity index (χ0) is 15.9. The van der Waals surface area contributed by atoms with E-state index in [0.29, 0.717) is 17.0 Å². The van der Waals surface area contributed by atoms with E-state index in [2.05, 4.69) is 9.97 Å². The molecule has 3 aromatic rings. The molecule has 0 aliphatic rings. The van der Waals surface area contributed by atoms with Crippen molar-refractivity contribution in [3.05, 3.63) is 55.7 Å². The van der Waals surface area contributed by atoms with Gasteiger partial charge in [-0.25, -0.2) is 9.37 Å². The fourth-order valence-electron chi connectivity index (χ4n) is 2.09. The third-order valence-corrected chi connectivity index (χ3v) is 5.75. The highest BCUT2D eigenvalue weighted by molar-refractivity contribution is 7.98. The molecule has 0 amide bonds. The van der Waals surface area contributed by atoms with Crippen molar-refractivity contribution in [3.63, 3.8) is 0 Å². The molecule has 22 heavy (non-hydrogen) atoms. The number of nitrogens with zero attached hydrogens (tertiary/aromatic N) is 1. The number of thiophene rings is 1. The summed E-state index contributed by atoms with van der Waals surface area (Å²) in [6.45, 7) is 3.91. The third kappa shape index (κ3) is 2.91. The van der Waals surface area contributed by atoms with E-state index in [0.717, 1.165) is 20.2 Å². The average molecular weight is 355 g/mol. The van der Waals surface area contributed by atoms with Crippen LogP contribution >= 0.6 is 34.7 Å². The molecule has 0 radical (unpaired) electrons. The summed E-state index contributed by atoms with van der Waals surface area (Å²) in [5.41, 5.74) is 0.873. The molecular weight excluding hydrogens is 343 g/mol. The highest BCUT2D eigenvalue weighted by Gasteiger charge is 2.12. The van der Waals surface area contributed by atoms with Crippen LogP contribution in [0.1, 0.15) is 16.3 Å². The van der Waals surface area contributed by atoms with Crippen molar-refractivity contribution in [2.75, 3.05) is 0 Å². The Morgan fingerprint density at radius 3 is 2.91 bits per heavy atom. The lowest BCUT2D eigenvalue weighted by atomic mass is 10.2. The first-order valence-electron chi connectivity index (χ1n) is 6.52. The minimum absolute atomic E-state index is 0.0893. The molecule has 2 heterocycles. The second-order valence-electron chi connectivity index (χ2n) is 4.84. The molecule has 3 rings (SSSR count). The van der Waals surface area contributed by atoms with Crippen LogP contribution in [0.3, 0.4) is 0 Å². The summed E-state index contributed by atoms with van der Waals surface area (Å²) < 4.78 is 13.1. The maximum absolute atomic E-state index is 13.1. The standard InChI is InChI=1S/C15H12ClFN2OS2/c1-7-8(2)22-15-13(7)14(20)18-12(19-15)6-21-9-3-4-11(17)10(16)5-9/h3-5H,6H2,1-2H3,(H,18,19,20). The number of halogens is 2. The zero-order valence-corrected chi connectivity index (χ0v) is 14.3. The molecule has 3 nitrogen and oxygen atoms in total. The van der Waals surface area contributed by atoms with Crippen molar-refractivity contribution >= 4 is 44.9 Å².